The van der Waals surface area contributed by atoms with Crippen LogP contribution in [0.4, 0.5) is 0 Å². The van der Waals surface area contributed by atoms with Gasteiger partial charge in [0.25, 0.3) is 0 Å². The van der Waals surface area contributed by atoms with Crippen molar-refractivity contribution in [3.8, 4) is 11.5 Å². The number of hydrogen-bond donors (Lipinski definition) is 2. The van der Waals surface area contributed by atoms with Crippen molar-refractivity contribution in [2.24, 2.45) is 0 Å². The molecule has 0 amide bonds. The minimum absolute atomic E-state index is 0.514. The summed E-state index contributed by atoms with van der Waals surface area (Å²) in [5, 5.41) is 13.8. The van der Waals surface area contributed by atoms with E-state index in [9.17, 15) is 5.11 Å². The van der Waals surface area contributed by atoms with E-state index >= 15 is 0 Å². The smallest absolute Gasteiger partial charge is 0.179 e. The molecule has 1 fully saturated rings. The zero-order chi connectivity index (χ0) is 13.9. The summed E-state index contributed by atoms with van der Waals surface area (Å²) >= 11 is 6.14. The Morgan fingerprint density at radius 2 is 2.05 bits per heavy atom. The van der Waals surface area contributed by atoms with Crippen LogP contribution in [-0.4, -0.2) is 31.5 Å². The van der Waals surface area contributed by atoms with Gasteiger partial charge in [0, 0.05) is 13.1 Å². The maximum atomic E-state index is 9.99. The van der Waals surface area contributed by atoms with E-state index in [0.29, 0.717) is 29.6 Å². The van der Waals surface area contributed by atoms with Crippen LogP contribution in [0.2, 0.25) is 5.02 Å². The predicted octanol–water partition coefficient (Wildman–Crippen LogP) is 2.36. The fourth-order valence-corrected chi connectivity index (χ4v) is 2.59. The third-order valence-electron chi connectivity index (χ3n) is 3.56. The molecule has 0 unspecified atom stereocenters. The van der Waals surface area contributed by atoms with Gasteiger partial charge < -0.3 is 19.9 Å². The van der Waals surface area contributed by atoms with Crippen molar-refractivity contribution < 1.29 is 14.6 Å². The number of nitrogens with one attached hydrogen (secondary N) is 1. The van der Waals surface area contributed by atoms with Gasteiger partial charge in [-0.05, 0) is 37.0 Å². The van der Waals surface area contributed by atoms with E-state index in [1.165, 1.54) is 0 Å². The molecule has 0 radical (unpaired) electrons. The Kier molecular flexibility index (Phi) is 4.55. The molecule has 5 heteroatoms. The second kappa shape index (κ2) is 5.99. The molecule has 0 heterocycles. The molecule has 0 bridgehead atoms. The summed E-state index contributed by atoms with van der Waals surface area (Å²) in [6, 6.07) is 3.74. The van der Waals surface area contributed by atoms with E-state index in [0.717, 1.165) is 24.8 Å². The maximum Gasteiger partial charge on any atom is 0.179 e. The zero-order valence-corrected chi connectivity index (χ0v) is 12.1. The largest absolute Gasteiger partial charge is 0.493 e. The Bertz CT molecular complexity index is 447. The number of aliphatic hydroxyl groups is 1. The van der Waals surface area contributed by atoms with Crippen LogP contribution in [0.1, 0.15) is 24.8 Å². The topological polar surface area (TPSA) is 50.7 Å². The Hall–Kier alpha value is -0.970. The molecule has 19 heavy (non-hydrogen) atoms. The molecule has 0 atom stereocenters. The molecule has 106 valence electrons. The molecule has 1 aromatic rings. The number of ether oxygens (including phenoxy) is 2. The third-order valence-corrected chi connectivity index (χ3v) is 3.84. The summed E-state index contributed by atoms with van der Waals surface area (Å²) in [6.07, 6.45) is 2.87. The molecular formula is C14H20ClNO3. The Morgan fingerprint density at radius 3 is 2.58 bits per heavy atom. The molecule has 0 saturated heterocycles. The minimum atomic E-state index is -0.514. The average Bonchev–Trinajstić information content (AvgIpc) is 2.36. The van der Waals surface area contributed by atoms with E-state index in [1.807, 2.05) is 12.1 Å². The lowest BCUT2D eigenvalue weighted by Crippen LogP contribution is -2.45. The number of methoxy groups -OCH3 is 2. The van der Waals surface area contributed by atoms with Crippen molar-refractivity contribution in [1.29, 1.82) is 0 Å². The molecule has 1 aliphatic carbocycles. The van der Waals surface area contributed by atoms with E-state index in [2.05, 4.69) is 5.32 Å². The van der Waals surface area contributed by atoms with Gasteiger partial charge in [-0.15, -0.1) is 0 Å². The second-order valence-corrected chi connectivity index (χ2v) is 5.40. The first-order valence-corrected chi connectivity index (χ1v) is 6.79. The third kappa shape index (κ3) is 3.32. The molecule has 1 aliphatic rings. The van der Waals surface area contributed by atoms with Crippen molar-refractivity contribution in [2.45, 2.75) is 31.4 Å². The Labute approximate surface area is 118 Å². The van der Waals surface area contributed by atoms with E-state index in [-0.39, 0.29) is 0 Å². The number of halogens is 1. The van der Waals surface area contributed by atoms with Crippen LogP contribution in [0.25, 0.3) is 0 Å². The predicted molar refractivity (Wildman–Crippen MR) is 75.1 cm³/mol. The van der Waals surface area contributed by atoms with Crippen molar-refractivity contribution in [3.63, 3.8) is 0 Å². The van der Waals surface area contributed by atoms with Crippen molar-refractivity contribution in [1.82, 2.24) is 5.32 Å². The first kappa shape index (κ1) is 14.4. The normalized spacial score (nSPS) is 16.8. The Morgan fingerprint density at radius 1 is 1.32 bits per heavy atom. The van der Waals surface area contributed by atoms with Crippen LogP contribution in [-0.2, 0) is 6.54 Å². The molecular weight excluding hydrogens is 266 g/mol. The summed E-state index contributed by atoms with van der Waals surface area (Å²) in [7, 11) is 3.15. The lowest BCUT2D eigenvalue weighted by molar-refractivity contribution is -0.0314. The van der Waals surface area contributed by atoms with Crippen LogP contribution < -0.4 is 14.8 Å². The molecule has 1 aromatic carbocycles. The van der Waals surface area contributed by atoms with Gasteiger partial charge in [0.05, 0.1) is 24.8 Å². The van der Waals surface area contributed by atoms with Gasteiger partial charge >= 0.3 is 0 Å². The lowest BCUT2D eigenvalue weighted by Gasteiger charge is -2.36. The summed E-state index contributed by atoms with van der Waals surface area (Å²) in [4.78, 5) is 0. The first-order chi connectivity index (χ1) is 9.08. The highest BCUT2D eigenvalue weighted by atomic mass is 35.5. The number of benzene rings is 1. The molecule has 0 aromatic heterocycles. The van der Waals surface area contributed by atoms with E-state index in [4.69, 9.17) is 21.1 Å². The van der Waals surface area contributed by atoms with Crippen molar-refractivity contribution >= 4 is 11.6 Å². The van der Waals surface area contributed by atoms with Gasteiger partial charge in [0.15, 0.2) is 11.5 Å². The summed E-state index contributed by atoms with van der Waals surface area (Å²) in [6.45, 7) is 1.25. The quantitative estimate of drug-likeness (QED) is 0.842. The van der Waals surface area contributed by atoms with Crippen LogP contribution in [0.5, 0.6) is 11.5 Å². The minimum Gasteiger partial charge on any atom is -0.493 e. The van der Waals surface area contributed by atoms with Crippen LogP contribution in [0, 0.1) is 0 Å². The van der Waals surface area contributed by atoms with Gasteiger partial charge in [-0.3, -0.25) is 0 Å². The molecule has 4 nitrogen and oxygen atoms in total. The fraction of sp³-hybridized carbons (Fsp3) is 0.571. The molecule has 2 N–H and O–H groups in total. The molecule has 2 rings (SSSR count). The first-order valence-electron chi connectivity index (χ1n) is 6.41. The molecule has 0 spiro atoms. The maximum absolute atomic E-state index is 9.99. The fourth-order valence-electron chi connectivity index (χ4n) is 2.27. The molecule has 0 aliphatic heterocycles. The summed E-state index contributed by atoms with van der Waals surface area (Å²) in [5.74, 6) is 1.17. The molecule has 1 saturated carbocycles. The van der Waals surface area contributed by atoms with Crippen molar-refractivity contribution in [2.75, 3.05) is 20.8 Å². The van der Waals surface area contributed by atoms with Crippen LogP contribution in [0.3, 0.4) is 0 Å². The van der Waals surface area contributed by atoms with Gasteiger partial charge in [-0.2, -0.15) is 0 Å². The highest BCUT2D eigenvalue weighted by molar-refractivity contribution is 6.32. The standard InChI is InChI=1S/C14H20ClNO3/c1-18-12-7-10(6-11(15)13(12)19-2)8-16-9-14(17)4-3-5-14/h6-7,16-17H,3-5,8-9H2,1-2H3. The van der Waals surface area contributed by atoms with Crippen LogP contribution in [0.15, 0.2) is 12.1 Å². The second-order valence-electron chi connectivity index (χ2n) is 4.99. The number of rotatable bonds is 6. The van der Waals surface area contributed by atoms with Gasteiger partial charge in [0.2, 0.25) is 0 Å². The highest BCUT2D eigenvalue weighted by Gasteiger charge is 2.33. The number of hydrogen-bond acceptors (Lipinski definition) is 4. The average molecular weight is 286 g/mol. The summed E-state index contributed by atoms with van der Waals surface area (Å²) in [5.41, 5.74) is 0.492. The van der Waals surface area contributed by atoms with Gasteiger partial charge in [0.1, 0.15) is 0 Å². The Balaban J connectivity index is 1.98. The monoisotopic (exact) mass is 285 g/mol. The van der Waals surface area contributed by atoms with E-state index < -0.39 is 5.60 Å². The highest BCUT2D eigenvalue weighted by Crippen LogP contribution is 2.36. The van der Waals surface area contributed by atoms with Crippen molar-refractivity contribution in [3.05, 3.63) is 22.7 Å². The summed E-state index contributed by atoms with van der Waals surface area (Å²) < 4.78 is 10.4. The zero-order valence-electron chi connectivity index (χ0n) is 11.3. The van der Waals surface area contributed by atoms with Crippen LogP contribution >= 0.6 is 11.6 Å². The lowest BCUT2D eigenvalue weighted by atomic mass is 9.80. The van der Waals surface area contributed by atoms with E-state index in [1.54, 1.807) is 14.2 Å². The van der Waals surface area contributed by atoms with Gasteiger partial charge in [-0.25, -0.2) is 0 Å². The SMILES string of the molecule is COc1cc(CNCC2(O)CCC2)cc(Cl)c1OC. The van der Waals surface area contributed by atoms with Gasteiger partial charge in [-0.1, -0.05) is 11.6 Å².